The van der Waals surface area contributed by atoms with Crippen molar-refractivity contribution < 1.29 is 0 Å². The van der Waals surface area contributed by atoms with Crippen LogP contribution < -0.4 is 4.90 Å². The second kappa shape index (κ2) is 12.8. The fourth-order valence-electron chi connectivity index (χ4n) is 8.81. The second-order valence-corrected chi connectivity index (χ2v) is 14.9. The van der Waals surface area contributed by atoms with Gasteiger partial charge in [0.2, 0.25) is 0 Å². The van der Waals surface area contributed by atoms with Gasteiger partial charge in [-0.05, 0) is 102 Å². The third-order valence-corrected chi connectivity index (χ3v) is 11.5. The molecule has 0 aliphatic heterocycles. The van der Waals surface area contributed by atoms with Gasteiger partial charge in [0.1, 0.15) is 0 Å². The van der Waals surface area contributed by atoms with E-state index in [1.54, 1.807) is 0 Å². The smallest absolute Gasteiger partial charge is 0.0546 e. The highest BCUT2D eigenvalue weighted by molar-refractivity contribution is 6.06. The molecule has 0 saturated heterocycles. The molecule has 256 valence electrons. The molecule has 1 heteroatoms. The zero-order valence-corrected chi connectivity index (χ0v) is 30.5. The standard InChI is InChI=1S/C53H39N/c1-53(2)48-26-14-25-46(45-24-13-21-38-17-9-11-22-43(38)45)52(48)47-33-32-42(35-49(47)53)54(41-30-27-37(28-31-41)36-15-5-3-6-16-36)50-34-29-39-18-10-12-23-44(39)51(50)40-19-7-4-8-20-40/h3-35H,1-2H3. The van der Waals surface area contributed by atoms with Gasteiger partial charge in [0, 0.05) is 22.4 Å². The highest BCUT2D eigenvalue weighted by Crippen LogP contribution is 2.55. The van der Waals surface area contributed by atoms with Crippen LogP contribution in [0, 0.1) is 0 Å². The van der Waals surface area contributed by atoms with E-state index in [-0.39, 0.29) is 5.41 Å². The van der Waals surface area contributed by atoms with Crippen molar-refractivity contribution in [3.63, 3.8) is 0 Å². The third-order valence-electron chi connectivity index (χ3n) is 11.5. The van der Waals surface area contributed by atoms with Gasteiger partial charge in [-0.15, -0.1) is 0 Å². The predicted octanol–water partition coefficient (Wildman–Crippen LogP) is 14.8. The molecule has 0 unspecified atom stereocenters. The van der Waals surface area contributed by atoms with Crippen molar-refractivity contribution in [2.45, 2.75) is 19.3 Å². The number of rotatable bonds is 6. The van der Waals surface area contributed by atoms with Crippen molar-refractivity contribution in [2.75, 3.05) is 4.90 Å². The first-order valence-electron chi connectivity index (χ1n) is 18.9. The Balaban J connectivity index is 1.20. The zero-order valence-electron chi connectivity index (χ0n) is 30.5. The molecule has 54 heavy (non-hydrogen) atoms. The molecule has 0 atom stereocenters. The number of benzene rings is 9. The molecule has 0 spiro atoms. The van der Waals surface area contributed by atoms with Gasteiger partial charge < -0.3 is 4.90 Å². The quantitative estimate of drug-likeness (QED) is 0.168. The molecule has 1 nitrogen and oxygen atoms in total. The Morgan fingerprint density at radius 3 is 1.69 bits per heavy atom. The van der Waals surface area contributed by atoms with Crippen LogP contribution in [-0.2, 0) is 5.41 Å². The lowest BCUT2D eigenvalue weighted by Gasteiger charge is -2.30. The molecule has 0 fully saturated rings. The molecule has 1 aliphatic rings. The number of hydrogen-bond acceptors (Lipinski definition) is 1. The van der Waals surface area contributed by atoms with Crippen molar-refractivity contribution in [3.8, 4) is 44.5 Å². The summed E-state index contributed by atoms with van der Waals surface area (Å²) in [5.74, 6) is 0. The van der Waals surface area contributed by atoms with Gasteiger partial charge in [-0.1, -0.05) is 184 Å². The van der Waals surface area contributed by atoms with Crippen molar-refractivity contribution in [2.24, 2.45) is 0 Å². The lowest BCUT2D eigenvalue weighted by atomic mass is 9.81. The van der Waals surface area contributed by atoms with E-state index >= 15 is 0 Å². The minimum absolute atomic E-state index is 0.199. The SMILES string of the molecule is CC1(C)c2cc(N(c3ccc(-c4ccccc4)cc3)c3ccc4ccccc4c3-c3ccccc3)ccc2-c2c(-c3cccc4ccccc34)cccc21. The summed E-state index contributed by atoms with van der Waals surface area (Å²) < 4.78 is 0. The van der Waals surface area contributed by atoms with E-state index < -0.39 is 0 Å². The molecule has 0 saturated carbocycles. The van der Waals surface area contributed by atoms with E-state index in [9.17, 15) is 0 Å². The molecular weight excluding hydrogens is 651 g/mol. The zero-order chi connectivity index (χ0) is 36.2. The van der Waals surface area contributed by atoms with Gasteiger partial charge in [-0.2, -0.15) is 0 Å². The molecule has 0 bridgehead atoms. The average Bonchev–Trinajstić information content (AvgIpc) is 3.47. The summed E-state index contributed by atoms with van der Waals surface area (Å²) in [6.07, 6.45) is 0. The first-order valence-corrected chi connectivity index (χ1v) is 18.9. The van der Waals surface area contributed by atoms with Gasteiger partial charge in [0.25, 0.3) is 0 Å². The van der Waals surface area contributed by atoms with Gasteiger partial charge in [0.05, 0.1) is 5.69 Å². The summed E-state index contributed by atoms with van der Waals surface area (Å²) in [6.45, 7) is 4.78. The summed E-state index contributed by atoms with van der Waals surface area (Å²) in [5, 5.41) is 5.01. The predicted molar refractivity (Wildman–Crippen MR) is 230 cm³/mol. The highest BCUT2D eigenvalue weighted by atomic mass is 15.1. The maximum atomic E-state index is 2.47. The molecule has 0 amide bonds. The van der Waals surface area contributed by atoms with E-state index in [0.29, 0.717) is 0 Å². The summed E-state index contributed by atoms with van der Waals surface area (Å²) in [7, 11) is 0. The number of nitrogens with zero attached hydrogens (tertiary/aromatic N) is 1. The Hall–Kier alpha value is -6.70. The minimum atomic E-state index is -0.199. The molecule has 0 radical (unpaired) electrons. The summed E-state index contributed by atoms with van der Waals surface area (Å²) in [6, 6.07) is 73.4. The molecule has 10 rings (SSSR count). The Labute approximate surface area is 317 Å². The third kappa shape index (κ3) is 5.16. The minimum Gasteiger partial charge on any atom is -0.310 e. The molecule has 1 aliphatic carbocycles. The van der Waals surface area contributed by atoms with E-state index in [1.807, 2.05) is 0 Å². The molecule has 0 aromatic heterocycles. The van der Waals surface area contributed by atoms with Crippen LogP contribution in [0.3, 0.4) is 0 Å². The summed E-state index contributed by atoms with van der Waals surface area (Å²) in [5.41, 5.74) is 16.0. The largest absolute Gasteiger partial charge is 0.310 e. The van der Waals surface area contributed by atoms with Crippen LogP contribution in [0.5, 0.6) is 0 Å². The van der Waals surface area contributed by atoms with Crippen LogP contribution in [-0.4, -0.2) is 0 Å². The second-order valence-electron chi connectivity index (χ2n) is 14.9. The van der Waals surface area contributed by atoms with Crippen LogP contribution >= 0.6 is 0 Å². The lowest BCUT2D eigenvalue weighted by molar-refractivity contribution is 0.660. The van der Waals surface area contributed by atoms with E-state index in [2.05, 4.69) is 219 Å². The number of anilines is 3. The molecular formula is C53H39N. The maximum absolute atomic E-state index is 2.47. The lowest BCUT2D eigenvalue weighted by Crippen LogP contribution is -2.17. The normalized spacial score (nSPS) is 12.8. The topological polar surface area (TPSA) is 3.24 Å². The van der Waals surface area contributed by atoms with Crippen molar-refractivity contribution in [1.82, 2.24) is 0 Å². The van der Waals surface area contributed by atoms with Crippen LogP contribution in [0.15, 0.2) is 200 Å². The van der Waals surface area contributed by atoms with Crippen LogP contribution in [0.25, 0.3) is 66.1 Å². The Morgan fingerprint density at radius 2 is 0.926 bits per heavy atom. The Kier molecular flexibility index (Phi) is 7.56. The molecule has 0 heterocycles. The van der Waals surface area contributed by atoms with Gasteiger partial charge in [-0.3, -0.25) is 0 Å². The first-order chi connectivity index (χ1) is 26.6. The fraction of sp³-hybridized carbons (Fsp3) is 0.0566. The molecule has 0 N–H and O–H groups in total. The monoisotopic (exact) mass is 689 g/mol. The fourth-order valence-corrected chi connectivity index (χ4v) is 8.81. The van der Waals surface area contributed by atoms with Crippen molar-refractivity contribution in [1.29, 1.82) is 0 Å². The molecule has 9 aromatic carbocycles. The summed E-state index contributed by atoms with van der Waals surface area (Å²) in [4.78, 5) is 2.47. The molecule has 9 aromatic rings. The van der Waals surface area contributed by atoms with Gasteiger partial charge in [0.15, 0.2) is 0 Å². The maximum Gasteiger partial charge on any atom is 0.0546 e. The van der Waals surface area contributed by atoms with Crippen LogP contribution in [0.4, 0.5) is 17.1 Å². The van der Waals surface area contributed by atoms with Crippen molar-refractivity contribution in [3.05, 3.63) is 211 Å². The van der Waals surface area contributed by atoms with Crippen molar-refractivity contribution >= 4 is 38.6 Å². The van der Waals surface area contributed by atoms with E-state index in [0.717, 1.165) is 17.1 Å². The summed E-state index contributed by atoms with van der Waals surface area (Å²) >= 11 is 0. The number of hydrogen-bond donors (Lipinski definition) is 0. The number of fused-ring (bicyclic) bond motifs is 5. The Bertz CT molecular complexity index is 2830. The van der Waals surface area contributed by atoms with Gasteiger partial charge in [-0.25, -0.2) is 0 Å². The van der Waals surface area contributed by atoms with E-state index in [4.69, 9.17) is 0 Å². The van der Waals surface area contributed by atoms with Crippen LogP contribution in [0.2, 0.25) is 0 Å². The first kappa shape index (κ1) is 32.0. The van der Waals surface area contributed by atoms with Crippen LogP contribution in [0.1, 0.15) is 25.0 Å². The average molecular weight is 690 g/mol. The van der Waals surface area contributed by atoms with Gasteiger partial charge >= 0.3 is 0 Å². The highest BCUT2D eigenvalue weighted by Gasteiger charge is 2.38. The Morgan fingerprint density at radius 1 is 0.352 bits per heavy atom. The van der Waals surface area contributed by atoms with E-state index in [1.165, 1.54) is 77.2 Å².